The van der Waals surface area contributed by atoms with Crippen LogP contribution in [0, 0.1) is 0 Å². The van der Waals surface area contributed by atoms with E-state index in [4.69, 9.17) is 4.74 Å². The Morgan fingerprint density at radius 3 is 2.21 bits per heavy atom. The number of nitrogens with zero attached hydrogens (tertiary/aromatic N) is 1. The normalized spacial score (nSPS) is 11.2. The average Bonchev–Trinajstić information content (AvgIpc) is 2.68. The Kier molecular flexibility index (Phi) is 6.16. The first-order valence-corrected chi connectivity index (χ1v) is 10.4. The van der Waals surface area contributed by atoms with Crippen molar-refractivity contribution in [2.45, 2.75) is 31.4 Å². The zero-order valence-corrected chi connectivity index (χ0v) is 16.6. The Morgan fingerprint density at radius 1 is 0.929 bits per heavy atom. The fourth-order valence-corrected chi connectivity index (χ4v) is 3.59. The highest BCUT2D eigenvalue weighted by Gasteiger charge is 2.14. The maximum absolute atomic E-state index is 12.6. The molecule has 0 aliphatic carbocycles. The van der Waals surface area contributed by atoms with Gasteiger partial charge in [-0.15, -0.1) is 0 Å². The number of anilines is 2. The van der Waals surface area contributed by atoms with Crippen molar-refractivity contribution in [3.05, 3.63) is 78.6 Å². The minimum Gasteiger partial charge on any atom is -0.491 e. The maximum atomic E-state index is 12.6. The third-order valence-corrected chi connectivity index (χ3v) is 5.24. The lowest BCUT2D eigenvalue weighted by Gasteiger charge is -2.12. The third kappa shape index (κ3) is 5.47. The van der Waals surface area contributed by atoms with Gasteiger partial charge in [-0.05, 0) is 74.5 Å². The molecule has 0 bridgehead atoms. The van der Waals surface area contributed by atoms with Gasteiger partial charge in [0.25, 0.3) is 10.0 Å². The number of benzene rings is 2. The molecule has 0 saturated heterocycles. The van der Waals surface area contributed by atoms with Crippen molar-refractivity contribution in [1.82, 2.24) is 4.98 Å². The van der Waals surface area contributed by atoms with Gasteiger partial charge in [0, 0.05) is 17.6 Å². The summed E-state index contributed by atoms with van der Waals surface area (Å²) in [5.74, 6) is 0.636. The van der Waals surface area contributed by atoms with E-state index >= 15 is 0 Å². The van der Waals surface area contributed by atoms with E-state index in [-0.39, 0.29) is 11.0 Å². The zero-order chi connectivity index (χ0) is 20.0. The molecule has 0 aliphatic rings. The number of pyridine rings is 1. The van der Waals surface area contributed by atoms with Crippen molar-refractivity contribution >= 4 is 21.4 Å². The molecule has 2 N–H and O–H groups in total. The predicted molar refractivity (Wildman–Crippen MR) is 111 cm³/mol. The number of aromatic nitrogens is 1. The van der Waals surface area contributed by atoms with Gasteiger partial charge < -0.3 is 10.1 Å². The third-order valence-electron chi connectivity index (χ3n) is 3.84. The average molecular weight is 398 g/mol. The Hall–Kier alpha value is -3.06. The second kappa shape index (κ2) is 8.75. The number of nitrogens with one attached hydrogen (secondary N) is 2. The highest BCUT2D eigenvalue weighted by atomic mass is 32.2. The molecule has 0 atom stereocenters. The van der Waals surface area contributed by atoms with E-state index in [2.05, 4.69) is 15.0 Å². The van der Waals surface area contributed by atoms with E-state index in [1.165, 1.54) is 12.1 Å². The second-order valence-corrected chi connectivity index (χ2v) is 8.18. The van der Waals surface area contributed by atoms with E-state index in [0.717, 1.165) is 11.4 Å². The van der Waals surface area contributed by atoms with Crippen LogP contribution in [0.4, 0.5) is 11.4 Å². The van der Waals surface area contributed by atoms with Crippen LogP contribution in [0.1, 0.15) is 19.5 Å². The molecule has 2 aromatic carbocycles. The summed E-state index contributed by atoms with van der Waals surface area (Å²) in [5.41, 5.74) is 2.30. The largest absolute Gasteiger partial charge is 0.491 e. The topological polar surface area (TPSA) is 80.3 Å². The molecule has 0 fully saturated rings. The van der Waals surface area contributed by atoms with Crippen molar-refractivity contribution in [2.24, 2.45) is 0 Å². The lowest BCUT2D eigenvalue weighted by atomic mass is 10.3. The van der Waals surface area contributed by atoms with E-state index < -0.39 is 10.0 Å². The first kappa shape index (κ1) is 19.7. The molecule has 0 spiro atoms. The molecule has 0 saturated carbocycles. The number of hydrogen-bond acceptors (Lipinski definition) is 5. The summed E-state index contributed by atoms with van der Waals surface area (Å²) >= 11 is 0. The fourth-order valence-electron chi connectivity index (χ4n) is 2.54. The molecular weight excluding hydrogens is 374 g/mol. The molecule has 1 heterocycles. The quantitative estimate of drug-likeness (QED) is 0.593. The van der Waals surface area contributed by atoms with Gasteiger partial charge in [-0.25, -0.2) is 8.42 Å². The van der Waals surface area contributed by atoms with Gasteiger partial charge in [0.05, 0.1) is 23.2 Å². The number of hydrogen-bond donors (Lipinski definition) is 2. The van der Waals surface area contributed by atoms with Crippen LogP contribution in [0.2, 0.25) is 0 Å². The summed E-state index contributed by atoms with van der Waals surface area (Å²) in [5, 5.41) is 3.25. The summed E-state index contributed by atoms with van der Waals surface area (Å²) in [4.78, 5) is 4.43. The first-order valence-electron chi connectivity index (χ1n) is 8.96. The monoisotopic (exact) mass is 397 g/mol. The van der Waals surface area contributed by atoms with Gasteiger partial charge in [0.1, 0.15) is 5.75 Å². The van der Waals surface area contributed by atoms with Gasteiger partial charge in [-0.1, -0.05) is 6.07 Å². The Morgan fingerprint density at radius 2 is 1.61 bits per heavy atom. The van der Waals surface area contributed by atoms with E-state index in [0.29, 0.717) is 18.0 Å². The molecular formula is C21H23N3O3S. The minimum atomic E-state index is -3.66. The summed E-state index contributed by atoms with van der Waals surface area (Å²) in [7, 11) is -3.66. The minimum absolute atomic E-state index is 0.0328. The Labute approximate surface area is 165 Å². The van der Waals surface area contributed by atoms with Crippen LogP contribution in [0.3, 0.4) is 0 Å². The SMILES string of the molecule is CC(C)Oc1ccc(S(=O)(=O)Nc2ccc(NCc3ccccn3)cc2)cc1. The second-order valence-electron chi connectivity index (χ2n) is 6.50. The van der Waals surface area contributed by atoms with Crippen molar-refractivity contribution in [3.8, 4) is 5.75 Å². The van der Waals surface area contributed by atoms with Crippen LogP contribution in [0.25, 0.3) is 0 Å². The molecule has 3 aromatic rings. The summed E-state index contributed by atoms with van der Waals surface area (Å²) in [6, 6.07) is 19.2. The molecule has 3 rings (SSSR count). The lowest BCUT2D eigenvalue weighted by Crippen LogP contribution is -2.13. The predicted octanol–water partition coefficient (Wildman–Crippen LogP) is 4.28. The summed E-state index contributed by atoms with van der Waals surface area (Å²) in [6.07, 6.45) is 1.78. The van der Waals surface area contributed by atoms with Crippen LogP contribution >= 0.6 is 0 Å². The standard InChI is InChI=1S/C21H23N3O3S/c1-16(2)27-20-10-12-21(13-11-20)28(25,26)24-18-8-6-17(7-9-18)23-15-19-5-3-4-14-22-19/h3-14,16,23-24H,15H2,1-2H3. The van der Waals surface area contributed by atoms with Crippen LogP contribution in [-0.2, 0) is 16.6 Å². The van der Waals surface area contributed by atoms with Gasteiger partial charge in [-0.3, -0.25) is 9.71 Å². The van der Waals surface area contributed by atoms with Crippen molar-refractivity contribution < 1.29 is 13.2 Å². The molecule has 6 nitrogen and oxygen atoms in total. The van der Waals surface area contributed by atoms with Crippen molar-refractivity contribution in [1.29, 1.82) is 0 Å². The Bertz CT molecular complexity index is 987. The molecule has 0 aliphatic heterocycles. The molecule has 7 heteroatoms. The molecule has 1 aromatic heterocycles. The number of sulfonamides is 1. The maximum Gasteiger partial charge on any atom is 0.261 e. The van der Waals surface area contributed by atoms with E-state index in [9.17, 15) is 8.42 Å². The summed E-state index contributed by atoms with van der Waals surface area (Å²) in [6.45, 7) is 4.43. The molecule has 0 amide bonds. The molecule has 28 heavy (non-hydrogen) atoms. The fraction of sp³-hybridized carbons (Fsp3) is 0.190. The molecule has 0 unspecified atom stereocenters. The van der Waals surface area contributed by atoms with Crippen LogP contribution in [0.15, 0.2) is 77.8 Å². The van der Waals surface area contributed by atoms with Crippen LogP contribution in [-0.4, -0.2) is 19.5 Å². The smallest absolute Gasteiger partial charge is 0.261 e. The molecule has 0 radical (unpaired) electrons. The van der Waals surface area contributed by atoms with Crippen LogP contribution < -0.4 is 14.8 Å². The van der Waals surface area contributed by atoms with E-state index in [1.807, 2.05) is 44.2 Å². The molecule has 146 valence electrons. The van der Waals surface area contributed by atoms with Crippen LogP contribution in [0.5, 0.6) is 5.75 Å². The van der Waals surface area contributed by atoms with Gasteiger partial charge in [0.2, 0.25) is 0 Å². The van der Waals surface area contributed by atoms with Gasteiger partial charge in [0.15, 0.2) is 0 Å². The Balaban J connectivity index is 1.62. The van der Waals surface area contributed by atoms with Crippen molar-refractivity contribution in [2.75, 3.05) is 10.0 Å². The lowest BCUT2D eigenvalue weighted by molar-refractivity contribution is 0.242. The highest BCUT2D eigenvalue weighted by Crippen LogP contribution is 2.21. The highest BCUT2D eigenvalue weighted by molar-refractivity contribution is 7.92. The van der Waals surface area contributed by atoms with E-state index in [1.54, 1.807) is 30.5 Å². The first-order chi connectivity index (χ1) is 13.4. The number of rotatable bonds is 8. The van der Waals surface area contributed by atoms with Gasteiger partial charge in [-0.2, -0.15) is 0 Å². The summed E-state index contributed by atoms with van der Waals surface area (Å²) < 4.78 is 33.2. The number of ether oxygens (including phenoxy) is 1. The zero-order valence-electron chi connectivity index (χ0n) is 15.8. The van der Waals surface area contributed by atoms with Gasteiger partial charge >= 0.3 is 0 Å². The van der Waals surface area contributed by atoms with Crippen molar-refractivity contribution in [3.63, 3.8) is 0 Å².